The number of hydrazine groups is 1. The normalized spacial score (nSPS) is 12.7. The van der Waals surface area contributed by atoms with Gasteiger partial charge < -0.3 is 0 Å². The lowest BCUT2D eigenvalue weighted by Crippen LogP contribution is -2.29. The van der Waals surface area contributed by atoms with Gasteiger partial charge in [0.1, 0.15) is 0 Å². The van der Waals surface area contributed by atoms with E-state index in [1.807, 2.05) is 29.6 Å². The fourth-order valence-electron chi connectivity index (χ4n) is 1.68. The third kappa shape index (κ3) is 3.26. The Kier molecular flexibility index (Phi) is 5.06. The Bertz CT molecular complexity index is 524. The zero-order valence-electron chi connectivity index (χ0n) is 9.29. The van der Waals surface area contributed by atoms with Crippen LogP contribution in [0.2, 0.25) is 10.0 Å². The molecule has 0 spiro atoms. The average molecular weight is 366 g/mol. The van der Waals surface area contributed by atoms with E-state index in [2.05, 4.69) is 21.4 Å². The Morgan fingerprint density at radius 2 is 2.00 bits per heavy atom. The standard InChI is InChI=1S/C12H11BrCl2N2S/c13-7-4-12(18-6-7)11(17-16)5-8-9(14)2-1-3-10(8)15/h1-4,6,11,17H,5,16H2. The molecule has 6 heteroatoms. The van der Waals surface area contributed by atoms with Crippen molar-refractivity contribution >= 4 is 50.5 Å². The highest BCUT2D eigenvalue weighted by Crippen LogP contribution is 2.32. The first-order chi connectivity index (χ1) is 8.61. The topological polar surface area (TPSA) is 38.0 Å². The van der Waals surface area contributed by atoms with Crippen molar-refractivity contribution < 1.29 is 0 Å². The maximum Gasteiger partial charge on any atom is 0.0595 e. The third-order valence-electron chi connectivity index (χ3n) is 2.60. The number of halogens is 3. The molecule has 0 saturated heterocycles. The van der Waals surface area contributed by atoms with Crippen LogP contribution >= 0.6 is 50.5 Å². The fourth-order valence-corrected chi connectivity index (χ4v) is 3.74. The number of nitrogens with two attached hydrogens (primary N) is 1. The molecule has 0 saturated carbocycles. The van der Waals surface area contributed by atoms with Crippen LogP contribution in [-0.2, 0) is 6.42 Å². The Morgan fingerprint density at radius 1 is 1.33 bits per heavy atom. The molecule has 3 N–H and O–H groups in total. The van der Waals surface area contributed by atoms with E-state index in [0.717, 1.165) is 14.9 Å². The van der Waals surface area contributed by atoms with Crippen molar-refractivity contribution in [2.45, 2.75) is 12.5 Å². The highest BCUT2D eigenvalue weighted by molar-refractivity contribution is 9.10. The van der Waals surface area contributed by atoms with Gasteiger partial charge >= 0.3 is 0 Å². The van der Waals surface area contributed by atoms with Gasteiger partial charge in [-0.25, -0.2) is 0 Å². The molecule has 0 aliphatic carbocycles. The van der Waals surface area contributed by atoms with Gasteiger partial charge in [-0.1, -0.05) is 29.3 Å². The number of hydrogen-bond acceptors (Lipinski definition) is 3. The van der Waals surface area contributed by atoms with Crippen LogP contribution in [0.5, 0.6) is 0 Å². The van der Waals surface area contributed by atoms with Gasteiger partial charge in [-0.2, -0.15) is 0 Å². The minimum Gasteiger partial charge on any atom is -0.271 e. The van der Waals surface area contributed by atoms with Crippen LogP contribution in [0.15, 0.2) is 34.1 Å². The van der Waals surface area contributed by atoms with Crippen LogP contribution in [0.3, 0.4) is 0 Å². The Balaban J connectivity index is 2.26. The molecule has 1 atom stereocenters. The lowest BCUT2D eigenvalue weighted by Gasteiger charge is -2.16. The highest BCUT2D eigenvalue weighted by atomic mass is 79.9. The largest absolute Gasteiger partial charge is 0.271 e. The summed E-state index contributed by atoms with van der Waals surface area (Å²) in [6, 6.07) is 7.54. The first kappa shape index (κ1) is 14.3. The smallest absolute Gasteiger partial charge is 0.0595 e. The number of rotatable bonds is 4. The zero-order valence-corrected chi connectivity index (χ0v) is 13.2. The van der Waals surface area contributed by atoms with Gasteiger partial charge in [-0.05, 0) is 46.1 Å². The second kappa shape index (κ2) is 6.37. The average Bonchev–Trinajstić information content (AvgIpc) is 2.76. The summed E-state index contributed by atoms with van der Waals surface area (Å²) < 4.78 is 1.05. The Labute approximate surface area is 128 Å². The molecule has 2 aromatic rings. The SMILES string of the molecule is NNC(Cc1c(Cl)cccc1Cl)c1cc(Br)cs1. The molecule has 1 aromatic heterocycles. The van der Waals surface area contributed by atoms with Crippen LogP contribution in [0.4, 0.5) is 0 Å². The minimum atomic E-state index is -0.00120. The maximum absolute atomic E-state index is 6.16. The fraction of sp³-hybridized carbons (Fsp3) is 0.167. The molecule has 2 rings (SSSR count). The van der Waals surface area contributed by atoms with Gasteiger partial charge in [-0.3, -0.25) is 11.3 Å². The highest BCUT2D eigenvalue weighted by Gasteiger charge is 2.16. The van der Waals surface area contributed by atoms with E-state index in [9.17, 15) is 0 Å². The van der Waals surface area contributed by atoms with E-state index in [1.54, 1.807) is 11.3 Å². The van der Waals surface area contributed by atoms with Crippen molar-refractivity contribution in [3.63, 3.8) is 0 Å². The zero-order chi connectivity index (χ0) is 13.1. The summed E-state index contributed by atoms with van der Waals surface area (Å²) in [5.41, 5.74) is 3.72. The van der Waals surface area contributed by atoms with E-state index in [4.69, 9.17) is 29.0 Å². The molecule has 96 valence electrons. The van der Waals surface area contributed by atoms with Gasteiger partial charge in [-0.15, -0.1) is 11.3 Å². The molecule has 0 fully saturated rings. The van der Waals surface area contributed by atoms with E-state index in [0.29, 0.717) is 16.5 Å². The maximum atomic E-state index is 6.16. The van der Waals surface area contributed by atoms with Crippen molar-refractivity contribution in [2.24, 2.45) is 5.84 Å². The second-order valence-corrected chi connectivity index (χ2v) is 6.46. The van der Waals surface area contributed by atoms with E-state index < -0.39 is 0 Å². The van der Waals surface area contributed by atoms with E-state index in [-0.39, 0.29) is 6.04 Å². The van der Waals surface area contributed by atoms with Crippen LogP contribution in [0.1, 0.15) is 16.5 Å². The van der Waals surface area contributed by atoms with Gasteiger partial charge in [0.05, 0.1) is 6.04 Å². The Hall–Kier alpha value is -0.100. The van der Waals surface area contributed by atoms with Crippen LogP contribution in [0, 0.1) is 0 Å². The molecule has 0 aliphatic heterocycles. The summed E-state index contributed by atoms with van der Waals surface area (Å²) in [6.07, 6.45) is 0.655. The lowest BCUT2D eigenvalue weighted by atomic mass is 10.1. The summed E-state index contributed by atoms with van der Waals surface area (Å²) >= 11 is 17.4. The van der Waals surface area contributed by atoms with E-state index in [1.165, 1.54) is 0 Å². The molecular formula is C12H11BrCl2N2S. The summed E-state index contributed by atoms with van der Waals surface area (Å²) in [6.45, 7) is 0. The minimum absolute atomic E-state index is 0.00120. The second-order valence-electron chi connectivity index (χ2n) is 3.79. The molecule has 0 aliphatic rings. The molecule has 0 radical (unpaired) electrons. The van der Waals surface area contributed by atoms with Crippen molar-refractivity contribution in [2.75, 3.05) is 0 Å². The molecule has 18 heavy (non-hydrogen) atoms. The first-order valence-corrected chi connectivity index (χ1v) is 7.67. The van der Waals surface area contributed by atoms with Crippen molar-refractivity contribution in [3.8, 4) is 0 Å². The lowest BCUT2D eigenvalue weighted by molar-refractivity contribution is 0.560. The summed E-state index contributed by atoms with van der Waals surface area (Å²) in [5.74, 6) is 5.62. The van der Waals surface area contributed by atoms with Crippen molar-refractivity contribution in [1.29, 1.82) is 0 Å². The molecule has 0 bridgehead atoms. The van der Waals surface area contributed by atoms with Crippen LogP contribution in [0.25, 0.3) is 0 Å². The summed E-state index contributed by atoms with van der Waals surface area (Å²) in [4.78, 5) is 1.14. The van der Waals surface area contributed by atoms with Crippen molar-refractivity contribution in [3.05, 3.63) is 54.6 Å². The van der Waals surface area contributed by atoms with E-state index >= 15 is 0 Å². The Morgan fingerprint density at radius 3 is 2.50 bits per heavy atom. The predicted molar refractivity (Wildman–Crippen MR) is 82.2 cm³/mol. The molecular weight excluding hydrogens is 355 g/mol. The molecule has 2 nitrogen and oxygen atoms in total. The number of thiophene rings is 1. The molecule has 0 amide bonds. The molecule has 1 aromatic carbocycles. The number of benzene rings is 1. The number of nitrogens with one attached hydrogen (secondary N) is 1. The molecule has 1 unspecified atom stereocenters. The van der Waals surface area contributed by atoms with Crippen LogP contribution in [-0.4, -0.2) is 0 Å². The van der Waals surface area contributed by atoms with Gasteiger partial charge in [0.15, 0.2) is 0 Å². The van der Waals surface area contributed by atoms with Crippen molar-refractivity contribution in [1.82, 2.24) is 5.43 Å². The van der Waals surface area contributed by atoms with Gasteiger partial charge in [0, 0.05) is 24.8 Å². The monoisotopic (exact) mass is 364 g/mol. The third-order valence-corrected chi connectivity index (χ3v) is 5.12. The summed E-state index contributed by atoms with van der Waals surface area (Å²) in [5, 5.41) is 3.35. The summed E-state index contributed by atoms with van der Waals surface area (Å²) in [7, 11) is 0. The quantitative estimate of drug-likeness (QED) is 0.615. The van der Waals surface area contributed by atoms with Crippen LogP contribution < -0.4 is 11.3 Å². The van der Waals surface area contributed by atoms with Gasteiger partial charge in [0.2, 0.25) is 0 Å². The predicted octanol–water partition coefficient (Wildman–Crippen LogP) is 4.56. The van der Waals surface area contributed by atoms with Gasteiger partial charge in [0.25, 0.3) is 0 Å². The number of hydrogen-bond donors (Lipinski definition) is 2. The molecule has 1 heterocycles. The first-order valence-electron chi connectivity index (χ1n) is 5.24.